The number of nitrogens with zero attached hydrogens (tertiary/aromatic N) is 3. The summed E-state index contributed by atoms with van der Waals surface area (Å²) in [6.45, 7) is 1.45. The molecule has 1 aromatic heterocycles. The molecule has 1 aliphatic heterocycles. The van der Waals surface area contributed by atoms with Crippen LogP contribution < -0.4 is 16.0 Å². The van der Waals surface area contributed by atoms with Crippen LogP contribution in [0.5, 0.6) is 0 Å². The van der Waals surface area contributed by atoms with E-state index in [0.29, 0.717) is 5.02 Å². The lowest BCUT2D eigenvalue weighted by Gasteiger charge is -2.40. The van der Waals surface area contributed by atoms with Gasteiger partial charge in [-0.15, -0.1) is 0 Å². The van der Waals surface area contributed by atoms with Crippen LogP contribution >= 0.6 is 11.6 Å². The lowest BCUT2D eigenvalue weighted by molar-refractivity contribution is -0.122. The monoisotopic (exact) mass is 381 g/mol. The summed E-state index contributed by atoms with van der Waals surface area (Å²) < 4.78 is 0. The number of aromatic nitrogens is 2. The van der Waals surface area contributed by atoms with E-state index < -0.39 is 0 Å². The van der Waals surface area contributed by atoms with Crippen molar-refractivity contribution in [2.45, 2.75) is 18.5 Å². The number of nitrogens with two attached hydrogens (primary N) is 1. The van der Waals surface area contributed by atoms with Crippen LogP contribution in [0, 0.1) is 0 Å². The fourth-order valence-corrected chi connectivity index (χ4v) is 3.43. The minimum Gasteiger partial charge on any atom is -0.352 e. The van der Waals surface area contributed by atoms with E-state index in [9.17, 15) is 4.79 Å². The Kier molecular flexibility index (Phi) is 4.92. The molecule has 3 aromatic rings. The van der Waals surface area contributed by atoms with Crippen LogP contribution in [0.25, 0.3) is 10.9 Å². The topological polar surface area (TPSA) is 84.1 Å². The average Bonchev–Trinajstić information content (AvgIpc) is 2.64. The summed E-state index contributed by atoms with van der Waals surface area (Å²) in [7, 11) is 0. The Hall–Kier alpha value is -2.70. The zero-order valence-corrected chi connectivity index (χ0v) is 15.4. The molecule has 1 fully saturated rings. The first-order valence-corrected chi connectivity index (χ1v) is 9.23. The van der Waals surface area contributed by atoms with Crippen LogP contribution in [-0.2, 0) is 4.79 Å². The third-order valence-corrected chi connectivity index (χ3v) is 5.02. The highest BCUT2D eigenvalue weighted by molar-refractivity contribution is 6.30. The smallest absolute Gasteiger partial charge is 0.222 e. The van der Waals surface area contributed by atoms with E-state index in [4.69, 9.17) is 17.3 Å². The van der Waals surface area contributed by atoms with Crippen molar-refractivity contribution in [1.82, 2.24) is 15.3 Å². The lowest BCUT2D eigenvalue weighted by atomic mass is 10.0. The molecule has 1 atom stereocenters. The van der Waals surface area contributed by atoms with E-state index >= 15 is 0 Å². The molecule has 2 aromatic carbocycles. The SMILES string of the molecule is NC(CC(=O)NC1CN(c2ncnc3ccccc23)C1)c1ccc(Cl)cc1. The average molecular weight is 382 g/mol. The zero-order valence-electron chi connectivity index (χ0n) is 14.7. The van der Waals surface area contributed by atoms with E-state index in [2.05, 4.69) is 20.2 Å². The van der Waals surface area contributed by atoms with Crippen LogP contribution in [-0.4, -0.2) is 35.0 Å². The van der Waals surface area contributed by atoms with Gasteiger partial charge in [0, 0.05) is 36.0 Å². The van der Waals surface area contributed by atoms with Gasteiger partial charge in [0.1, 0.15) is 12.1 Å². The van der Waals surface area contributed by atoms with E-state index in [0.717, 1.165) is 35.4 Å². The Balaban J connectivity index is 1.32. The number of para-hydroxylation sites is 1. The Bertz CT molecular complexity index is 951. The van der Waals surface area contributed by atoms with E-state index in [-0.39, 0.29) is 24.4 Å². The number of nitrogens with one attached hydrogen (secondary N) is 1. The quantitative estimate of drug-likeness (QED) is 0.709. The van der Waals surface area contributed by atoms with Gasteiger partial charge in [-0.1, -0.05) is 35.9 Å². The molecule has 3 N–H and O–H groups in total. The van der Waals surface area contributed by atoms with Gasteiger partial charge in [-0.25, -0.2) is 9.97 Å². The van der Waals surface area contributed by atoms with Crippen molar-refractivity contribution in [3.8, 4) is 0 Å². The number of hydrogen-bond donors (Lipinski definition) is 2. The Morgan fingerprint density at radius 3 is 2.70 bits per heavy atom. The number of carbonyl (C=O) groups excluding carboxylic acids is 1. The number of fused-ring (bicyclic) bond motifs is 1. The van der Waals surface area contributed by atoms with Crippen molar-refractivity contribution in [3.63, 3.8) is 0 Å². The molecule has 4 rings (SSSR count). The van der Waals surface area contributed by atoms with Crippen molar-refractivity contribution in [1.29, 1.82) is 0 Å². The molecule has 1 aliphatic rings. The van der Waals surface area contributed by atoms with Crippen molar-refractivity contribution >= 4 is 34.2 Å². The van der Waals surface area contributed by atoms with Crippen molar-refractivity contribution in [2.75, 3.05) is 18.0 Å². The summed E-state index contributed by atoms with van der Waals surface area (Å²) in [5.74, 6) is 0.860. The van der Waals surface area contributed by atoms with Crippen LogP contribution in [0.2, 0.25) is 5.02 Å². The maximum absolute atomic E-state index is 12.3. The first-order valence-electron chi connectivity index (χ1n) is 8.85. The van der Waals surface area contributed by atoms with Gasteiger partial charge in [0.15, 0.2) is 0 Å². The molecule has 6 nitrogen and oxygen atoms in total. The van der Waals surface area contributed by atoms with Gasteiger partial charge in [-0.3, -0.25) is 4.79 Å². The molecule has 0 spiro atoms. The first kappa shape index (κ1) is 17.7. The van der Waals surface area contributed by atoms with Gasteiger partial charge in [0.2, 0.25) is 5.91 Å². The number of anilines is 1. The fraction of sp³-hybridized carbons (Fsp3) is 0.250. The summed E-state index contributed by atoms with van der Waals surface area (Å²) in [5, 5.41) is 4.72. The summed E-state index contributed by atoms with van der Waals surface area (Å²) in [5.41, 5.74) is 7.95. The predicted molar refractivity (Wildman–Crippen MR) is 107 cm³/mol. The van der Waals surface area contributed by atoms with Gasteiger partial charge in [-0.2, -0.15) is 0 Å². The van der Waals surface area contributed by atoms with Crippen molar-refractivity contribution in [2.24, 2.45) is 5.73 Å². The normalized spacial score (nSPS) is 15.4. The molecule has 7 heteroatoms. The minimum absolute atomic E-state index is 0.0466. The highest BCUT2D eigenvalue weighted by Gasteiger charge is 2.30. The molecule has 0 aliphatic carbocycles. The van der Waals surface area contributed by atoms with Gasteiger partial charge < -0.3 is 16.0 Å². The third kappa shape index (κ3) is 3.86. The van der Waals surface area contributed by atoms with Crippen LogP contribution in [0.4, 0.5) is 5.82 Å². The van der Waals surface area contributed by atoms with Gasteiger partial charge >= 0.3 is 0 Å². The van der Waals surface area contributed by atoms with Gasteiger partial charge in [-0.05, 0) is 29.8 Å². The van der Waals surface area contributed by atoms with Gasteiger partial charge in [0.05, 0.1) is 11.6 Å². The molecule has 0 radical (unpaired) electrons. The molecular formula is C20H20ClN5O. The number of halogens is 1. The number of rotatable bonds is 5. The van der Waals surface area contributed by atoms with Crippen LogP contribution in [0.1, 0.15) is 18.0 Å². The molecule has 1 unspecified atom stereocenters. The zero-order chi connectivity index (χ0) is 18.8. The van der Waals surface area contributed by atoms with E-state index in [1.165, 1.54) is 0 Å². The van der Waals surface area contributed by atoms with Crippen LogP contribution in [0.15, 0.2) is 54.9 Å². The number of carbonyl (C=O) groups is 1. The van der Waals surface area contributed by atoms with Crippen molar-refractivity contribution < 1.29 is 4.79 Å². The standard InChI is InChI=1S/C20H20ClN5O/c21-14-7-5-13(6-8-14)17(22)9-19(27)25-15-10-26(11-15)20-16-3-1-2-4-18(16)23-12-24-20/h1-8,12,15,17H,9-11,22H2,(H,25,27). The second-order valence-electron chi connectivity index (χ2n) is 6.75. The number of hydrogen-bond acceptors (Lipinski definition) is 5. The van der Waals surface area contributed by atoms with Crippen molar-refractivity contribution in [3.05, 3.63) is 65.4 Å². The maximum Gasteiger partial charge on any atom is 0.222 e. The molecular weight excluding hydrogens is 362 g/mol. The number of amides is 1. The predicted octanol–water partition coefficient (Wildman–Crippen LogP) is 2.68. The Labute approximate surface area is 162 Å². The number of benzene rings is 2. The Morgan fingerprint density at radius 2 is 1.93 bits per heavy atom. The second kappa shape index (κ2) is 7.50. The molecule has 138 valence electrons. The van der Waals surface area contributed by atoms with E-state index in [1.54, 1.807) is 18.5 Å². The molecule has 27 heavy (non-hydrogen) atoms. The minimum atomic E-state index is -0.343. The summed E-state index contributed by atoms with van der Waals surface area (Å²) in [6.07, 6.45) is 1.82. The molecule has 1 saturated heterocycles. The maximum atomic E-state index is 12.3. The van der Waals surface area contributed by atoms with Crippen LogP contribution in [0.3, 0.4) is 0 Å². The highest BCUT2D eigenvalue weighted by atomic mass is 35.5. The lowest BCUT2D eigenvalue weighted by Crippen LogP contribution is -2.60. The third-order valence-electron chi connectivity index (χ3n) is 4.77. The summed E-state index contributed by atoms with van der Waals surface area (Å²) in [4.78, 5) is 23.1. The Morgan fingerprint density at radius 1 is 1.19 bits per heavy atom. The first-order chi connectivity index (χ1) is 13.1. The summed E-state index contributed by atoms with van der Waals surface area (Å²) in [6, 6.07) is 15.0. The molecule has 0 saturated carbocycles. The largest absolute Gasteiger partial charge is 0.352 e. The fourth-order valence-electron chi connectivity index (χ4n) is 3.30. The molecule has 2 heterocycles. The second-order valence-corrected chi connectivity index (χ2v) is 7.18. The van der Waals surface area contributed by atoms with Gasteiger partial charge in [0.25, 0.3) is 0 Å². The summed E-state index contributed by atoms with van der Waals surface area (Å²) >= 11 is 5.88. The molecule has 0 bridgehead atoms. The van der Waals surface area contributed by atoms with E-state index in [1.807, 2.05) is 36.4 Å². The highest BCUT2D eigenvalue weighted by Crippen LogP contribution is 2.26. The molecule has 1 amide bonds.